The van der Waals surface area contributed by atoms with Crippen LogP contribution in [0.5, 0.6) is 5.75 Å². The van der Waals surface area contributed by atoms with Crippen molar-refractivity contribution >= 4 is 0 Å². The fourth-order valence-electron chi connectivity index (χ4n) is 2.49. The van der Waals surface area contributed by atoms with Gasteiger partial charge in [-0.15, -0.1) is 0 Å². The number of methoxy groups -OCH3 is 1. The minimum absolute atomic E-state index is 0.653. The van der Waals surface area contributed by atoms with E-state index in [0.717, 1.165) is 28.9 Å². The number of aliphatic hydroxyl groups excluding tert-OH is 1. The van der Waals surface area contributed by atoms with Crippen LogP contribution in [0.25, 0.3) is 0 Å². The van der Waals surface area contributed by atoms with E-state index in [1.165, 1.54) is 18.4 Å². The molecule has 0 amide bonds. The molecule has 2 nitrogen and oxygen atoms in total. The van der Waals surface area contributed by atoms with E-state index in [4.69, 9.17) is 4.74 Å². The largest absolute Gasteiger partial charge is 0.496 e. The maximum Gasteiger partial charge on any atom is 0.125 e. The molecule has 1 unspecified atom stereocenters. The van der Waals surface area contributed by atoms with Gasteiger partial charge in [0.1, 0.15) is 11.9 Å². The van der Waals surface area contributed by atoms with Gasteiger partial charge >= 0.3 is 0 Å². The van der Waals surface area contributed by atoms with E-state index < -0.39 is 6.10 Å². The molecular formula is C19H24O2. The summed E-state index contributed by atoms with van der Waals surface area (Å²) in [5.74, 6) is 0.725. The lowest BCUT2D eigenvalue weighted by Crippen LogP contribution is -2.03. The van der Waals surface area contributed by atoms with Gasteiger partial charge in [-0.3, -0.25) is 0 Å². The van der Waals surface area contributed by atoms with Gasteiger partial charge in [0.15, 0.2) is 0 Å². The molecule has 21 heavy (non-hydrogen) atoms. The van der Waals surface area contributed by atoms with Crippen LogP contribution in [0.3, 0.4) is 0 Å². The summed E-state index contributed by atoms with van der Waals surface area (Å²) in [5.41, 5.74) is 4.16. The normalized spacial score (nSPS) is 12.2. The SMILES string of the molecule is CCCCc1ccc(C(O)c2cc(C)ccc2OC)cc1. The Balaban J connectivity index is 2.23. The molecule has 2 aromatic carbocycles. The predicted octanol–water partition coefficient (Wildman–Crippen LogP) is 4.43. The molecule has 0 radical (unpaired) electrons. The fourth-order valence-corrected chi connectivity index (χ4v) is 2.49. The first-order valence-corrected chi connectivity index (χ1v) is 7.57. The van der Waals surface area contributed by atoms with Crippen LogP contribution in [0.2, 0.25) is 0 Å². The first-order valence-electron chi connectivity index (χ1n) is 7.57. The number of unbranched alkanes of at least 4 members (excludes halogenated alkanes) is 1. The van der Waals surface area contributed by atoms with E-state index >= 15 is 0 Å². The van der Waals surface area contributed by atoms with Crippen LogP contribution in [0.15, 0.2) is 42.5 Å². The van der Waals surface area contributed by atoms with Crippen molar-refractivity contribution in [2.24, 2.45) is 0 Å². The van der Waals surface area contributed by atoms with Crippen molar-refractivity contribution in [1.29, 1.82) is 0 Å². The van der Waals surface area contributed by atoms with Crippen molar-refractivity contribution in [2.45, 2.75) is 39.2 Å². The topological polar surface area (TPSA) is 29.5 Å². The van der Waals surface area contributed by atoms with Crippen LogP contribution < -0.4 is 4.74 Å². The van der Waals surface area contributed by atoms with E-state index in [1.807, 2.05) is 37.3 Å². The van der Waals surface area contributed by atoms with Crippen molar-refractivity contribution < 1.29 is 9.84 Å². The van der Waals surface area contributed by atoms with Crippen LogP contribution in [0.4, 0.5) is 0 Å². The zero-order chi connectivity index (χ0) is 15.2. The molecule has 0 spiro atoms. The molecule has 0 aliphatic rings. The lowest BCUT2D eigenvalue weighted by molar-refractivity contribution is 0.214. The van der Waals surface area contributed by atoms with Crippen molar-refractivity contribution in [3.05, 3.63) is 64.7 Å². The third kappa shape index (κ3) is 3.85. The minimum atomic E-state index is -0.653. The molecule has 0 bridgehead atoms. The molecule has 1 N–H and O–H groups in total. The van der Waals surface area contributed by atoms with E-state index in [-0.39, 0.29) is 0 Å². The first kappa shape index (κ1) is 15.6. The Morgan fingerprint density at radius 2 is 1.81 bits per heavy atom. The number of benzene rings is 2. The molecule has 0 fully saturated rings. The van der Waals surface area contributed by atoms with Gasteiger partial charge in [0, 0.05) is 5.56 Å². The summed E-state index contributed by atoms with van der Waals surface area (Å²) < 4.78 is 5.36. The smallest absolute Gasteiger partial charge is 0.125 e. The molecule has 0 heterocycles. The highest BCUT2D eigenvalue weighted by atomic mass is 16.5. The van der Waals surface area contributed by atoms with E-state index in [2.05, 4.69) is 19.1 Å². The molecule has 112 valence electrons. The Morgan fingerprint density at radius 3 is 2.43 bits per heavy atom. The van der Waals surface area contributed by atoms with Crippen LogP contribution in [-0.2, 0) is 6.42 Å². The molecule has 2 rings (SSSR count). The molecule has 0 aliphatic carbocycles. The second kappa shape index (κ2) is 7.28. The number of hydrogen-bond donors (Lipinski definition) is 1. The second-order valence-electron chi connectivity index (χ2n) is 5.49. The van der Waals surface area contributed by atoms with Gasteiger partial charge in [-0.1, -0.05) is 49.2 Å². The quantitative estimate of drug-likeness (QED) is 0.850. The molecule has 0 aromatic heterocycles. The molecule has 0 saturated heterocycles. The maximum absolute atomic E-state index is 10.6. The number of aryl methyl sites for hydroxylation is 2. The van der Waals surface area contributed by atoms with Gasteiger partial charge in [0.25, 0.3) is 0 Å². The van der Waals surface area contributed by atoms with Crippen LogP contribution in [0, 0.1) is 6.92 Å². The zero-order valence-corrected chi connectivity index (χ0v) is 13.1. The van der Waals surface area contributed by atoms with Crippen LogP contribution >= 0.6 is 0 Å². The number of rotatable bonds is 6. The Bertz CT molecular complexity index is 573. The highest BCUT2D eigenvalue weighted by Crippen LogP contribution is 2.31. The summed E-state index contributed by atoms with van der Waals surface area (Å²) in [6.07, 6.45) is 2.85. The summed E-state index contributed by atoms with van der Waals surface area (Å²) in [6.45, 7) is 4.21. The average Bonchev–Trinajstić information content (AvgIpc) is 2.52. The Morgan fingerprint density at radius 1 is 1.10 bits per heavy atom. The van der Waals surface area contributed by atoms with Gasteiger partial charge in [-0.2, -0.15) is 0 Å². The monoisotopic (exact) mass is 284 g/mol. The predicted molar refractivity (Wildman–Crippen MR) is 86.8 cm³/mol. The minimum Gasteiger partial charge on any atom is -0.496 e. The first-order chi connectivity index (χ1) is 10.2. The van der Waals surface area contributed by atoms with Crippen LogP contribution in [-0.4, -0.2) is 12.2 Å². The molecular weight excluding hydrogens is 260 g/mol. The van der Waals surface area contributed by atoms with Crippen molar-refractivity contribution in [3.8, 4) is 5.75 Å². The lowest BCUT2D eigenvalue weighted by atomic mass is 9.97. The Labute approximate surface area is 127 Å². The fraction of sp³-hybridized carbons (Fsp3) is 0.368. The summed E-state index contributed by atoms with van der Waals surface area (Å²) in [6, 6.07) is 14.1. The highest BCUT2D eigenvalue weighted by molar-refractivity contribution is 5.43. The van der Waals surface area contributed by atoms with Crippen molar-refractivity contribution in [1.82, 2.24) is 0 Å². The maximum atomic E-state index is 10.6. The van der Waals surface area contributed by atoms with Crippen LogP contribution in [0.1, 0.15) is 48.1 Å². The molecule has 0 aliphatic heterocycles. The number of aliphatic hydroxyl groups is 1. The molecule has 1 atom stereocenters. The van der Waals surface area contributed by atoms with Gasteiger partial charge in [-0.25, -0.2) is 0 Å². The average molecular weight is 284 g/mol. The molecule has 0 saturated carbocycles. The third-order valence-electron chi connectivity index (χ3n) is 3.79. The second-order valence-corrected chi connectivity index (χ2v) is 5.49. The zero-order valence-electron chi connectivity index (χ0n) is 13.1. The lowest BCUT2D eigenvalue weighted by Gasteiger charge is -2.16. The van der Waals surface area contributed by atoms with E-state index in [1.54, 1.807) is 7.11 Å². The van der Waals surface area contributed by atoms with Crippen molar-refractivity contribution in [3.63, 3.8) is 0 Å². The number of hydrogen-bond acceptors (Lipinski definition) is 2. The third-order valence-corrected chi connectivity index (χ3v) is 3.79. The molecule has 2 aromatic rings. The van der Waals surface area contributed by atoms with E-state index in [9.17, 15) is 5.11 Å². The van der Waals surface area contributed by atoms with Gasteiger partial charge < -0.3 is 9.84 Å². The summed E-state index contributed by atoms with van der Waals surface area (Å²) in [5, 5.41) is 10.6. The highest BCUT2D eigenvalue weighted by Gasteiger charge is 2.15. The van der Waals surface area contributed by atoms with E-state index in [0.29, 0.717) is 0 Å². The summed E-state index contributed by atoms with van der Waals surface area (Å²) in [7, 11) is 1.63. The van der Waals surface area contributed by atoms with Gasteiger partial charge in [-0.05, 0) is 43.0 Å². The summed E-state index contributed by atoms with van der Waals surface area (Å²) >= 11 is 0. The van der Waals surface area contributed by atoms with Gasteiger partial charge in [0.05, 0.1) is 7.11 Å². The Hall–Kier alpha value is -1.80. The Kier molecular flexibility index (Phi) is 5.40. The standard InChI is InChI=1S/C19H24O2/c1-4-5-6-15-8-10-16(11-9-15)19(20)17-13-14(2)7-12-18(17)21-3/h7-13,19-20H,4-6H2,1-3H3. The number of ether oxygens (including phenoxy) is 1. The van der Waals surface area contributed by atoms with Gasteiger partial charge in [0.2, 0.25) is 0 Å². The van der Waals surface area contributed by atoms with Crippen molar-refractivity contribution in [2.75, 3.05) is 7.11 Å². The summed E-state index contributed by atoms with van der Waals surface area (Å²) in [4.78, 5) is 0. The molecule has 2 heteroatoms.